The highest BCUT2D eigenvalue weighted by Crippen LogP contribution is 2.36. The second-order valence-electron chi connectivity index (χ2n) is 6.21. The van der Waals surface area contributed by atoms with Gasteiger partial charge < -0.3 is 4.18 Å². The first-order valence-corrected chi connectivity index (χ1v) is 8.96. The van der Waals surface area contributed by atoms with Gasteiger partial charge >= 0.3 is 5.97 Å². The van der Waals surface area contributed by atoms with Crippen molar-refractivity contribution in [3.63, 3.8) is 0 Å². The Hall–Kier alpha value is -1.03. The third-order valence-electron chi connectivity index (χ3n) is 4.69. The Balaban J connectivity index is 1.82. The Labute approximate surface area is 137 Å². The lowest BCUT2D eigenvalue weighted by molar-refractivity contribution is -0.138. The number of halogens is 1. The number of hydrogen-bond acceptors (Lipinski definition) is 3. The molecule has 0 amide bonds. The lowest BCUT2D eigenvalue weighted by Crippen LogP contribution is -2.21. The minimum absolute atomic E-state index is 0.132. The standard InChI is InChI=1S/C18H25FO2S/c1-2-3-4-5-14-6-8-15(9-7-14)16-10-12-17(13-11-16)18(20)21-22-19/h6-9,16-17H,2-5,10-13H2,1H3. The number of rotatable bonds is 7. The summed E-state index contributed by atoms with van der Waals surface area (Å²) in [4.78, 5) is 11.5. The van der Waals surface area contributed by atoms with Gasteiger partial charge in [0.25, 0.3) is 12.4 Å². The summed E-state index contributed by atoms with van der Waals surface area (Å²) in [5.41, 5.74) is 2.78. The Morgan fingerprint density at radius 3 is 2.45 bits per heavy atom. The van der Waals surface area contributed by atoms with E-state index >= 15 is 0 Å². The molecule has 22 heavy (non-hydrogen) atoms. The summed E-state index contributed by atoms with van der Waals surface area (Å²) in [7, 11) is 0. The smallest absolute Gasteiger partial charge is 0.323 e. The fourth-order valence-corrected chi connectivity index (χ4v) is 3.50. The van der Waals surface area contributed by atoms with Crippen LogP contribution in [-0.2, 0) is 15.4 Å². The molecule has 0 atom stereocenters. The Kier molecular flexibility index (Phi) is 7.23. The third-order valence-corrected chi connectivity index (χ3v) is 4.92. The van der Waals surface area contributed by atoms with Gasteiger partial charge in [-0.2, -0.15) is 0 Å². The first-order valence-electron chi connectivity index (χ1n) is 8.32. The first-order chi connectivity index (χ1) is 10.7. The Morgan fingerprint density at radius 1 is 1.18 bits per heavy atom. The van der Waals surface area contributed by atoms with Gasteiger partial charge in [-0.05, 0) is 55.6 Å². The van der Waals surface area contributed by atoms with E-state index in [1.54, 1.807) is 0 Å². The second-order valence-corrected chi connectivity index (χ2v) is 6.51. The number of carbonyl (C=O) groups excluding carboxylic acids is 1. The van der Waals surface area contributed by atoms with Crippen molar-refractivity contribution in [2.24, 2.45) is 5.92 Å². The molecule has 0 radical (unpaired) electrons. The van der Waals surface area contributed by atoms with Crippen LogP contribution in [0.3, 0.4) is 0 Å². The highest BCUT2D eigenvalue weighted by molar-refractivity contribution is 7.89. The van der Waals surface area contributed by atoms with Gasteiger partial charge in [-0.15, -0.1) is 3.89 Å². The Morgan fingerprint density at radius 2 is 1.86 bits per heavy atom. The normalized spacial score (nSPS) is 21.5. The highest BCUT2D eigenvalue weighted by atomic mass is 32.2. The topological polar surface area (TPSA) is 26.3 Å². The third kappa shape index (κ3) is 5.01. The number of aryl methyl sites for hydroxylation is 1. The number of carbonyl (C=O) groups is 1. The maximum atomic E-state index is 12.0. The lowest BCUT2D eigenvalue weighted by atomic mass is 9.78. The van der Waals surface area contributed by atoms with Crippen LogP contribution in [0.2, 0.25) is 0 Å². The van der Waals surface area contributed by atoms with E-state index in [-0.39, 0.29) is 18.3 Å². The average Bonchev–Trinajstić information content (AvgIpc) is 2.56. The summed E-state index contributed by atoms with van der Waals surface area (Å²) >= 11 is -0.339. The fourth-order valence-electron chi connectivity index (χ4n) is 3.30. The zero-order valence-electron chi connectivity index (χ0n) is 13.2. The molecule has 1 aliphatic carbocycles. The van der Waals surface area contributed by atoms with Crippen LogP contribution in [0.4, 0.5) is 3.89 Å². The summed E-state index contributed by atoms with van der Waals surface area (Å²) in [6.45, 7) is 2.22. The first kappa shape index (κ1) is 17.3. The van der Waals surface area contributed by atoms with Gasteiger partial charge in [-0.1, -0.05) is 44.0 Å². The van der Waals surface area contributed by atoms with Gasteiger partial charge in [0.05, 0.1) is 5.92 Å². The average molecular weight is 324 g/mol. The molecule has 0 spiro atoms. The molecule has 1 aromatic rings. The molecule has 1 fully saturated rings. The minimum atomic E-state index is -0.405. The van der Waals surface area contributed by atoms with Gasteiger partial charge in [0.2, 0.25) is 0 Å². The van der Waals surface area contributed by atoms with Gasteiger partial charge in [0.15, 0.2) is 0 Å². The molecule has 0 bridgehead atoms. The SMILES string of the molecule is CCCCCc1ccc(C2CCC(C(=O)OSF)CC2)cc1. The van der Waals surface area contributed by atoms with Crippen LogP contribution in [0.15, 0.2) is 24.3 Å². The molecule has 122 valence electrons. The molecule has 4 heteroatoms. The van der Waals surface area contributed by atoms with E-state index in [1.165, 1.54) is 30.4 Å². The molecule has 0 heterocycles. The Bertz CT molecular complexity index is 453. The van der Waals surface area contributed by atoms with Crippen molar-refractivity contribution in [3.05, 3.63) is 35.4 Å². The van der Waals surface area contributed by atoms with Gasteiger partial charge in [-0.25, -0.2) is 0 Å². The van der Waals surface area contributed by atoms with Crippen molar-refractivity contribution in [2.45, 2.75) is 64.2 Å². The van der Waals surface area contributed by atoms with Crippen LogP contribution in [0.25, 0.3) is 0 Å². The molecular weight excluding hydrogens is 299 g/mol. The second kappa shape index (κ2) is 9.19. The molecule has 1 saturated carbocycles. The number of benzene rings is 1. The summed E-state index contributed by atoms with van der Waals surface area (Å²) in [6, 6.07) is 8.96. The van der Waals surface area contributed by atoms with E-state index < -0.39 is 5.97 Å². The highest BCUT2D eigenvalue weighted by Gasteiger charge is 2.28. The largest absolute Gasteiger partial charge is 0.360 e. The maximum absolute atomic E-state index is 12.0. The maximum Gasteiger partial charge on any atom is 0.323 e. The van der Waals surface area contributed by atoms with E-state index in [4.69, 9.17) is 0 Å². The number of unbranched alkanes of at least 4 members (excludes halogenated alkanes) is 2. The van der Waals surface area contributed by atoms with Gasteiger partial charge in [-0.3, -0.25) is 4.79 Å². The van der Waals surface area contributed by atoms with Gasteiger partial charge in [0.1, 0.15) is 0 Å². The zero-order valence-corrected chi connectivity index (χ0v) is 14.0. The lowest BCUT2D eigenvalue weighted by Gasteiger charge is -2.27. The van der Waals surface area contributed by atoms with Crippen molar-refractivity contribution >= 4 is 18.4 Å². The van der Waals surface area contributed by atoms with E-state index in [9.17, 15) is 8.68 Å². The number of hydrogen-bond donors (Lipinski definition) is 0. The predicted octanol–water partition coefficient (Wildman–Crippen LogP) is 5.77. The molecule has 0 aromatic heterocycles. The molecule has 2 rings (SSSR count). The molecule has 1 aliphatic rings. The molecular formula is C18H25FO2S. The van der Waals surface area contributed by atoms with Crippen LogP contribution >= 0.6 is 12.4 Å². The van der Waals surface area contributed by atoms with Crippen molar-refractivity contribution in [1.29, 1.82) is 0 Å². The molecule has 0 aliphatic heterocycles. The van der Waals surface area contributed by atoms with E-state index in [0.29, 0.717) is 5.92 Å². The molecule has 1 aromatic carbocycles. The summed E-state index contributed by atoms with van der Waals surface area (Å²) in [5, 5.41) is 0. The van der Waals surface area contributed by atoms with Crippen molar-refractivity contribution in [1.82, 2.24) is 0 Å². The minimum Gasteiger partial charge on any atom is -0.360 e. The monoisotopic (exact) mass is 324 g/mol. The molecule has 0 unspecified atom stereocenters. The van der Waals surface area contributed by atoms with Crippen molar-refractivity contribution in [3.8, 4) is 0 Å². The van der Waals surface area contributed by atoms with Crippen LogP contribution in [-0.4, -0.2) is 5.97 Å². The van der Waals surface area contributed by atoms with E-state index in [2.05, 4.69) is 35.4 Å². The summed E-state index contributed by atoms with van der Waals surface area (Å²) in [5.74, 6) is -0.0168. The summed E-state index contributed by atoms with van der Waals surface area (Å²) < 4.78 is 16.4. The van der Waals surface area contributed by atoms with E-state index in [0.717, 1.165) is 32.1 Å². The van der Waals surface area contributed by atoms with Crippen LogP contribution in [0.1, 0.15) is 68.9 Å². The van der Waals surface area contributed by atoms with Crippen molar-refractivity contribution in [2.75, 3.05) is 0 Å². The van der Waals surface area contributed by atoms with Gasteiger partial charge in [0, 0.05) is 0 Å². The van der Waals surface area contributed by atoms with E-state index in [1.807, 2.05) is 0 Å². The fraction of sp³-hybridized carbons (Fsp3) is 0.611. The molecule has 2 nitrogen and oxygen atoms in total. The molecule has 0 saturated heterocycles. The summed E-state index contributed by atoms with van der Waals surface area (Å²) in [6.07, 6.45) is 8.51. The predicted molar refractivity (Wildman–Crippen MR) is 89.2 cm³/mol. The molecule has 0 N–H and O–H groups in total. The zero-order chi connectivity index (χ0) is 15.8. The van der Waals surface area contributed by atoms with Crippen LogP contribution in [0.5, 0.6) is 0 Å². The quantitative estimate of drug-likeness (QED) is 0.470. The van der Waals surface area contributed by atoms with Crippen LogP contribution in [0, 0.1) is 5.92 Å². The van der Waals surface area contributed by atoms with Crippen LogP contribution < -0.4 is 0 Å². The van der Waals surface area contributed by atoms with Crippen molar-refractivity contribution < 1.29 is 12.9 Å².